The monoisotopic (exact) mass is 392 g/mol. The minimum atomic E-state index is -0.869. The number of hydrogen-bond acceptors (Lipinski definition) is 1. The summed E-state index contributed by atoms with van der Waals surface area (Å²) >= 11 is 0. The minimum absolute atomic E-state index is 0.121. The Morgan fingerprint density at radius 1 is 0.655 bits per heavy atom. The van der Waals surface area contributed by atoms with Crippen LogP contribution in [0.4, 0.5) is 13.2 Å². The average molecular weight is 392 g/mol. The maximum absolute atomic E-state index is 14.8. The molecule has 0 saturated heterocycles. The first-order chi connectivity index (χ1) is 14.0. The molecule has 4 aromatic rings. The Morgan fingerprint density at radius 3 is 1.90 bits per heavy atom. The Morgan fingerprint density at radius 2 is 1.24 bits per heavy atom. The van der Waals surface area contributed by atoms with Crippen LogP contribution in [0.25, 0.3) is 33.0 Å². The van der Waals surface area contributed by atoms with Gasteiger partial charge < -0.3 is 4.74 Å². The number of benzene rings is 4. The molecular formula is C25H19F3O. The maximum atomic E-state index is 14.8. The number of rotatable bonds is 4. The second-order valence-electron chi connectivity index (χ2n) is 6.92. The summed E-state index contributed by atoms with van der Waals surface area (Å²) in [6, 6.07) is 19.1. The molecular weight excluding hydrogens is 373 g/mol. The van der Waals surface area contributed by atoms with Crippen molar-refractivity contribution < 1.29 is 17.9 Å². The zero-order valence-corrected chi connectivity index (χ0v) is 16.1. The van der Waals surface area contributed by atoms with Gasteiger partial charge in [-0.25, -0.2) is 13.2 Å². The summed E-state index contributed by atoms with van der Waals surface area (Å²) in [7, 11) is 1.18. The lowest BCUT2D eigenvalue weighted by Crippen LogP contribution is -1.95. The summed E-state index contributed by atoms with van der Waals surface area (Å²) in [5, 5.41) is 2.21. The highest BCUT2D eigenvalue weighted by molar-refractivity contribution is 5.88. The predicted octanol–water partition coefficient (Wildman–Crippen LogP) is 7.16. The summed E-state index contributed by atoms with van der Waals surface area (Å²) in [6.07, 6.45) is 0.969. The minimum Gasteiger partial charge on any atom is -0.491 e. The van der Waals surface area contributed by atoms with Crippen molar-refractivity contribution in [1.29, 1.82) is 0 Å². The first kappa shape index (κ1) is 19.1. The third-order valence-corrected chi connectivity index (χ3v) is 5.13. The predicted molar refractivity (Wildman–Crippen MR) is 111 cm³/mol. The van der Waals surface area contributed by atoms with Crippen molar-refractivity contribution in [3.63, 3.8) is 0 Å². The lowest BCUT2D eigenvalue weighted by molar-refractivity contribution is 0.360. The third kappa shape index (κ3) is 3.58. The fourth-order valence-electron chi connectivity index (χ4n) is 3.53. The van der Waals surface area contributed by atoms with Crippen molar-refractivity contribution in [2.24, 2.45) is 0 Å². The van der Waals surface area contributed by atoms with E-state index >= 15 is 0 Å². The number of aryl methyl sites for hydroxylation is 1. The van der Waals surface area contributed by atoms with Gasteiger partial charge in [0.2, 0.25) is 0 Å². The highest BCUT2D eigenvalue weighted by Crippen LogP contribution is 2.33. The van der Waals surface area contributed by atoms with Gasteiger partial charge in [0.05, 0.1) is 7.11 Å². The fraction of sp³-hybridized carbons (Fsp3) is 0.120. The molecule has 0 saturated carbocycles. The van der Waals surface area contributed by atoms with Gasteiger partial charge in [-0.05, 0) is 63.7 Å². The Labute approximate surface area is 167 Å². The number of fused-ring (bicyclic) bond motifs is 1. The van der Waals surface area contributed by atoms with E-state index in [1.165, 1.54) is 24.8 Å². The Kier molecular flexibility index (Phi) is 5.01. The van der Waals surface area contributed by atoms with Gasteiger partial charge in [0.25, 0.3) is 0 Å². The lowest BCUT2D eigenvalue weighted by atomic mass is 9.97. The lowest BCUT2D eigenvalue weighted by Gasteiger charge is -2.10. The molecule has 0 fully saturated rings. The molecule has 0 aromatic heterocycles. The van der Waals surface area contributed by atoms with Crippen molar-refractivity contribution in [2.45, 2.75) is 13.3 Å². The molecule has 0 aliphatic heterocycles. The van der Waals surface area contributed by atoms with Crippen LogP contribution in [-0.4, -0.2) is 7.11 Å². The van der Waals surface area contributed by atoms with Gasteiger partial charge in [0.1, 0.15) is 5.82 Å². The van der Waals surface area contributed by atoms with Gasteiger partial charge in [0, 0.05) is 5.56 Å². The molecule has 0 N–H and O–H groups in total. The van der Waals surface area contributed by atoms with E-state index in [0.29, 0.717) is 5.56 Å². The maximum Gasteiger partial charge on any atom is 0.190 e. The molecule has 4 aromatic carbocycles. The van der Waals surface area contributed by atoms with Gasteiger partial charge in [-0.15, -0.1) is 0 Å². The van der Waals surface area contributed by atoms with Crippen molar-refractivity contribution in [3.8, 4) is 28.0 Å². The highest BCUT2D eigenvalue weighted by atomic mass is 19.1. The zero-order valence-electron chi connectivity index (χ0n) is 16.1. The first-order valence-electron chi connectivity index (χ1n) is 9.36. The van der Waals surface area contributed by atoms with Crippen molar-refractivity contribution in [3.05, 3.63) is 89.7 Å². The molecule has 4 rings (SSSR count). The van der Waals surface area contributed by atoms with Crippen molar-refractivity contribution >= 4 is 10.8 Å². The van der Waals surface area contributed by atoms with Crippen LogP contribution in [0.5, 0.6) is 5.75 Å². The molecule has 0 heterocycles. The average Bonchev–Trinajstić information content (AvgIpc) is 2.72. The number of halogens is 3. The van der Waals surface area contributed by atoms with Crippen LogP contribution < -0.4 is 4.74 Å². The molecule has 0 aliphatic rings. The van der Waals surface area contributed by atoms with Gasteiger partial charge in [-0.2, -0.15) is 0 Å². The molecule has 0 atom stereocenters. The second kappa shape index (κ2) is 7.63. The summed E-state index contributed by atoms with van der Waals surface area (Å²) in [5.74, 6) is -2.76. The van der Waals surface area contributed by atoms with Gasteiger partial charge in [0.15, 0.2) is 17.4 Å². The molecule has 1 nitrogen and oxygen atoms in total. The Hall–Kier alpha value is -3.27. The molecule has 0 spiro atoms. The summed E-state index contributed by atoms with van der Waals surface area (Å²) in [6.45, 7) is 2.11. The largest absolute Gasteiger partial charge is 0.491 e. The van der Waals surface area contributed by atoms with Crippen LogP contribution in [-0.2, 0) is 6.42 Å². The number of methoxy groups -OCH3 is 1. The van der Waals surface area contributed by atoms with Crippen LogP contribution in [0.3, 0.4) is 0 Å². The van der Waals surface area contributed by atoms with E-state index in [4.69, 9.17) is 0 Å². The first-order valence-corrected chi connectivity index (χ1v) is 9.36. The molecule has 0 bridgehead atoms. The quantitative estimate of drug-likeness (QED) is 0.358. The Balaban J connectivity index is 1.73. The molecule has 0 aliphatic carbocycles. The van der Waals surface area contributed by atoms with Crippen LogP contribution in [0, 0.1) is 17.5 Å². The molecule has 0 radical (unpaired) electrons. The second-order valence-corrected chi connectivity index (χ2v) is 6.92. The van der Waals surface area contributed by atoms with Crippen LogP contribution in [0.1, 0.15) is 12.5 Å². The SMILES string of the molecule is CCc1ccc2cc(-c3ccc(-c4cc(F)c(OC)c(F)c4)c(F)c3)ccc2c1. The fourth-order valence-corrected chi connectivity index (χ4v) is 3.53. The van der Waals surface area contributed by atoms with Crippen LogP contribution in [0.2, 0.25) is 0 Å². The zero-order chi connectivity index (χ0) is 20.5. The smallest absolute Gasteiger partial charge is 0.190 e. The van der Waals surface area contributed by atoms with E-state index in [1.807, 2.05) is 18.2 Å². The molecule has 4 heteroatoms. The van der Waals surface area contributed by atoms with E-state index in [9.17, 15) is 13.2 Å². The van der Waals surface area contributed by atoms with Crippen molar-refractivity contribution in [2.75, 3.05) is 7.11 Å². The Bertz CT molecular complexity index is 1190. The van der Waals surface area contributed by atoms with E-state index in [0.717, 1.165) is 34.9 Å². The molecule has 146 valence electrons. The number of ether oxygens (including phenoxy) is 1. The summed E-state index contributed by atoms with van der Waals surface area (Å²) in [5.41, 5.74) is 3.08. The van der Waals surface area contributed by atoms with Crippen molar-refractivity contribution in [1.82, 2.24) is 0 Å². The third-order valence-electron chi connectivity index (χ3n) is 5.13. The standard InChI is InChI=1S/C25H19F3O/c1-3-15-4-5-17-11-18(7-6-16(17)10-15)19-8-9-21(22(26)12-19)20-13-23(27)25(29-2)24(28)14-20/h4-14H,3H2,1-2H3. The summed E-state index contributed by atoms with van der Waals surface area (Å²) < 4.78 is 47.5. The van der Waals surface area contributed by atoms with Gasteiger partial charge in [-0.3, -0.25) is 0 Å². The van der Waals surface area contributed by atoms with E-state index in [1.54, 1.807) is 6.07 Å². The van der Waals surface area contributed by atoms with Crippen LogP contribution >= 0.6 is 0 Å². The van der Waals surface area contributed by atoms with E-state index < -0.39 is 23.2 Å². The summed E-state index contributed by atoms with van der Waals surface area (Å²) in [4.78, 5) is 0. The van der Waals surface area contributed by atoms with Gasteiger partial charge >= 0.3 is 0 Å². The van der Waals surface area contributed by atoms with Gasteiger partial charge in [-0.1, -0.05) is 49.4 Å². The molecule has 29 heavy (non-hydrogen) atoms. The highest BCUT2D eigenvalue weighted by Gasteiger charge is 2.15. The molecule has 0 unspecified atom stereocenters. The van der Waals surface area contributed by atoms with E-state index in [2.05, 4.69) is 29.9 Å². The van der Waals surface area contributed by atoms with Crippen LogP contribution in [0.15, 0.2) is 66.7 Å². The van der Waals surface area contributed by atoms with E-state index in [-0.39, 0.29) is 11.1 Å². The normalized spacial score (nSPS) is 11.1. The number of hydrogen-bond donors (Lipinski definition) is 0. The topological polar surface area (TPSA) is 9.23 Å². The molecule has 0 amide bonds.